The molecule has 3 aromatic rings. The van der Waals surface area contributed by atoms with Crippen molar-refractivity contribution in [1.29, 1.82) is 0 Å². The number of pyridine rings is 1. The first kappa shape index (κ1) is 20.0. The standard InChI is InChI=1S/C22H24FN3OS/c1-16(2)9-12-24-13-10-20-15-17-3-8-21(26-22(17)28-20)25-18-4-6-19(7-5-18)27-14-11-23/h3-9,12-13,15-16H,10-11,14H2,1-2H3,(H,25,26)/b12-9-,24-13-. The minimum absolute atomic E-state index is 0.0738. The maximum absolute atomic E-state index is 12.2. The Morgan fingerprint density at radius 3 is 2.79 bits per heavy atom. The van der Waals surface area contributed by atoms with Gasteiger partial charge in [0.2, 0.25) is 0 Å². The fraction of sp³-hybridized carbons (Fsp3) is 0.273. The first-order valence-electron chi connectivity index (χ1n) is 9.27. The summed E-state index contributed by atoms with van der Waals surface area (Å²) in [5, 5.41) is 4.42. The third-order valence-corrected chi connectivity index (χ3v) is 4.93. The van der Waals surface area contributed by atoms with Gasteiger partial charge >= 0.3 is 0 Å². The molecule has 0 fully saturated rings. The fourth-order valence-corrected chi connectivity index (χ4v) is 3.49. The zero-order valence-electron chi connectivity index (χ0n) is 16.1. The molecular formula is C22H24FN3OS. The molecule has 6 heteroatoms. The van der Waals surface area contributed by atoms with Gasteiger partial charge in [0, 0.05) is 34.8 Å². The minimum Gasteiger partial charge on any atom is -0.491 e. The van der Waals surface area contributed by atoms with Gasteiger partial charge in [-0.05, 0) is 48.4 Å². The van der Waals surface area contributed by atoms with E-state index in [0.717, 1.165) is 28.1 Å². The molecule has 0 amide bonds. The highest BCUT2D eigenvalue weighted by molar-refractivity contribution is 7.18. The summed E-state index contributed by atoms with van der Waals surface area (Å²) in [5.74, 6) is 1.95. The lowest BCUT2D eigenvalue weighted by Crippen LogP contribution is -1.98. The van der Waals surface area contributed by atoms with Gasteiger partial charge in [0.1, 0.15) is 29.7 Å². The van der Waals surface area contributed by atoms with Gasteiger partial charge in [-0.25, -0.2) is 9.37 Å². The van der Waals surface area contributed by atoms with Crippen molar-refractivity contribution < 1.29 is 9.13 Å². The summed E-state index contributed by atoms with van der Waals surface area (Å²) in [5.41, 5.74) is 0.903. The van der Waals surface area contributed by atoms with Crippen LogP contribution in [0.15, 0.2) is 59.7 Å². The smallest absolute Gasteiger partial charge is 0.132 e. The number of anilines is 2. The maximum Gasteiger partial charge on any atom is 0.132 e. The molecular weight excluding hydrogens is 373 g/mol. The largest absolute Gasteiger partial charge is 0.491 e. The lowest BCUT2D eigenvalue weighted by molar-refractivity contribution is 0.273. The molecule has 0 aliphatic carbocycles. The quantitative estimate of drug-likeness (QED) is 0.439. The average Bonchev–Trinajstić information content (AvgIpc) is 3.09. The van der Waals surface area contributed by atoms with E-state index >= 15 is 0 Å². The Morgan fingerprint density at radius 1 is 1.21 bits per heavy atom. The molecule has 4 nitrogen and oxygen atoms in total. The number of aromatic nitrogens is 1. The number of fused-ring (bicyclic) bond motifs is 1. The van der Waals surface area contributed by atoms with Crippen LogP contribution in [0.3, 0.4) is 0 Å². The van der Waals surface area contributed by atoms with Crippen LogP contribution in [0.1, 0.15) is 18.7 Å². The summed E-state index contributed by atoms with van der Waals surface area (Å²) >= 11 is 1.68. The first-order valence-corrected chi connectivity index (χ1v) is 10.1. The summed E-state index contributed by atoms with van der Waals surface area (Å²) in [6.45, 7) is 3.84. The molecule has 28 heavy (non-hydrogen) atoms. The molecule has 1 aromatic carbocycles. The Hall–Kier alpha value is -2.73. The van der Waals surface area contributed by atoms with Gasteiger partial charge in [0.05, 0.1) is 0 Å². The van der Waals surface area contributed by atoms with Gasteiger partial charge in [-0.15, -0.1) is 11.3 Å². The molecule has 0 saturated carbocycles. The van der Waals surface area contributed by atoms with E-state index in [4.69, 9.17) is 9.72 Å². The van der Waals surface area contributed by atoms with Gasteiger partial charge in [-0.3, -0.25) is 4.99 Å². The summed E-state index contributed by atoms with van der Waals surface area (Å²) < 4.78 is 17.4. The van der Waals surface area contributed by atoms with E-state index < -0.39 is 6.67 Å². The van der Waals surface area contributed by atoms with Gasteiger partial charge in [-0.1, -0.05) is 19.9 Å². The summed E-state index contributed by atoms with van der Waals surface area (Å²) in [4.78, 5) is 11.2. The lowest BCUT2D eigenvalue weighted by Gasteiger charge is -2.07. The van der Waals surface area contributed by atoms with Gasteiger partial charge in [0.15, 0.2) is 0 Å². The highest BCUT2D eigenvalue weighted by Crippen LogP contribution is 2.27. The van der Waals surface area contributed by atoms with E-state index in [9.17, 15) is 4.39 Å². The fourth-order valence-electron chi connectivity index (χ4n) is 2.50. The van der Waals surface area contributed by atoms with Gasteiger partial charge < -0.3 is 10.1 Å². The van der Waals surface area contributed by atoms with Crippen molar-refractivity contribution in [2.75, 3.05) is 18.6 Å². The molecule has 0 aliphatic heterocycles. The van der Waals surface area contributed by atoms with Crippen molar-refractivity contribution in [3.63, 3.8) is 0 Å². The van der Waals surface area contributed by atoms with Crippen molar-refractivity contribution in [2.24, 2.45) is 10.9 Å². The number of benzene rings is 1. The number of halogens is 1. The van der Waals surface area contributed by atoms with Crippen LogP contribution in [0, 0.1) is 5.92 Å². The highest BCUT2D eigenvalue weighted by Gasteiger charge is 2.05. The second-order valence-electron chi connectivity index (χ2n) is 6.61. The Bertz CT molecular complexity index is 948. The lowest BCUT2D eigenvalue weighted by atomic mass is 10.2. The normalized spacial score (nSPS) is 11.9. The predicted molar refractivity (Wildman–Crippen MR) is 117 cm³/mol. The molecule has 0 bridgehead atoms. The van der Waals surface area contributed by atoms with Crippen molar-refractivity contribution in [3.8, 4) is 5.75 Å². The van der Waals surface area contributed by atoms with Crippen LogP contribution in [-0.4, -0.2) is 24.5 Å². The number of hydrogen-bond acceptors (Lipinski definition) is 5. The van der Waals surface area contributed by atoms with Crippen molar-refractivity contribution in [2.45, 2.75) is 20.3 Å². The van der Waals surface area contributed by atoms with Crippen LogP contribution >= 0.6 is 11.3 Å². The van der Waals surface area contributed by atoms with Crippen LogP contribution in [0.2, 0.25) is 0 Å². The Labute approximate surface area is 168 Å². The molecule has 0 unspecified atom stereocenters. The molecule has 0 saturated heterocycles. The molecule has 0 aliphatic rings. The molecule has 2 aromatic heterocycles. The first-order chi connectivity index (χ1) is 13.6. The molecule has 3 rings (SSSR count). The van der Waals surface area contributed by atoms with E-state index in [0.29, 0.717) is 11.7 Å². The molecule has 1 N–H and O–H groups in total. The molecule has 0 spiro atoms. The average molecular weight is 398 g/mol. The monoisotopic (exact) mass is 397 g/mol. The van der Waals surface area contributed by atoms with Crippen LogP contribution in [0.4, 0.5) is 15.9 Å². The van der Waals surface area contributed by atoms with Crippen LogP contribution in [0.5, 0.6) is 5.75 Å². The third kappa shape index (κ3) is 5.89. The molecule has 0 atom stereocenters. The van der Waals surface area contributed by atoms with E-state index in [1.54, 1.807) is 11.3 Å². The predicted octanol–water partition coefficient (Wildman–Crippen LogP) is 6.17. The number of allylic oxidation sites excluding steroid dienone is 1. The second kappa shape index (κ2) is 9.99. The Morgan fingerprint density at radius 2 is 2.04 bits per heavy atom. The third-order valence-electron chi connectivity index (χ3n) is 3.86. The van der Waals surface area contributed by atoms with Crippen molar-refractivity contribution in [1.82, 2.24) is 4.98 Å². The van der Waals surface area contributed by atoms with Crippen molar-refractivity contribution in [3.05, 3.63) is 59.6 Å². The number of hydrogen-bond donors (Lipinski definition) is 1. The summed E-state index contributed by atoms with van der Waals surface area (Å²) in [6.07, 6.45) is 6.65. The molecule has 146 valence electrons. The number of thiophene rings is 1. The molecule has 0 radical (unpaired) electrons. The van der Waals surface area contributed by atoms with E-state index in [1.165, 1.54) is 4.88 Å². The van der Waals surface area contributed by atoms with Gasteiger partial charge in [0.25, 0.3) is 0 Å². The number of aliphatic imine (C=N–C) groups is 1. The number of ether oxygens (including phenoxy) is 1. The maximum atomic E-state index is 12.2. The number of nitrogens with one attached hydrogen (secondary N) is 1. The number of alkyl halides is 1. The topological polar surface area (TPSA) is 46.5 Å². The van der Waals surface area contributed by atoms with E-state index in [1.807, 2.05) is 42.7 Å². The highest BCUT2D eigenvalue weighted by atomic mass is 32.1. The molecule has 2 heterocycles. The van der Waals surface area contributed by atoms with Crippen molar-refractivity contribution >= 4 is 39.3 Å². The van der Waals surface area contributed by atoms with Gasteiger partial charge in [-0.2, -0.15) is 0 Å². The Balaban J connectivity index is 1.63. The Kier molecular flexibility index (Phi) is 7.14. The number of rotatable bonds is 9. The van der Waals surface area contributed by atoms with E-state index in [-0.39, 0.29) is 6.61 Å². The minimum atomic E-state index is -0.493. The SMILES string of the molecule is CC(C)/C=C\N=C/Cc1cc2ccc(Nc3ccc(OCCF)cc3)nc2s1. The summed E-state index contributed by atoms with van der Waals surface area (Å²) in [7, 11) is 0. The number of nitrogens with zero attached hydrogens (tertiary/aromatic N) is 2. The zero-order chi connectivity index (χ0) is 19.8. The van der Waals surface area contributed by atoms with Crippen LogP contribution in [-0.2, 0) is 6.42 Å². The summed E-state index contributed by atoms with van der Waals surface area (Å²) in [6, 6.07) is 13.6. The van der Waals surface area contributed by atoms with E-state index in [2.05, 4.69) is 42.4 Å². The zero-order valence-corrected chi connectivity index (χ0v) is 16.9. The van der Waals surface area contributed by atoms with Crippen LogP contribution < -0.4 is 10.1 Å². The van der Waals surface area contributed by atoms with Crippen LogP contribution in [0.25, 0.3) is 10.2 Å². The second-order valence-corrected chi connectivity index (χ2v) is 7.73.